The Morgan fingerprint density at radius 1 is 1.33 bits per heavy atom. The maximum absolute atomic E-state index is 9.06. The van der Waals surface area contributed by atoms with Crippen LogP contribution in [-0.2, 0) is 0 Å². The fourth-order valence-electron chi connectivity index (χ4n) is 2.77. The Bertz CT molecular complexity index is 625. The monoisotopic (exact) mass is 332 g/mol. The molecule has 1 aliphatic carbocycles. The molecule has 0 saturated heterocycles. The Labute approximate surface area is 143 Å². The van der Waals surface area contributed by atoms with E-state index in [2.05, 4.69) is 11.4 Å². The average molecular weight is 332 g/mol. The number of nitrogens with zero attached hydrogens (tertiary/aromatic N) is 1. The summed E-state index contributed by atoms with van der Waals surface area (Å²) in [5.41, 5.74) is 15.7. The van der Waals surface area contributed by atoms with Crippen LogP contribution in [0, 0.1) is 0 Å². The minimum Gasteiger partial charge on any atom is -0.399 e. The summed E-state index contributed by atoms with van der Waals surface area (Å²) < 4.78 is 0. The van der Waals surface area contributed by atoms with E-state index in [1.165, 1.54) is 0 Å². The van der Waals surface area contributed by atoms with Gasteiger partial charge in [-0.15, -0.1) is 0 Å². The van der Waals surface area contributed by atoms with E-state index in [0.29, 0.717) is 19.4 Å². The van der Waals surface area contributed by atoms with Gasteiger partial charge in [0, 0.05) is 43.3 Å². The summed E-state index contributed by atoms with van der Waals surface area (Å²) in [5, 5.41) is 21.5. The van der Waals surface area contributed by atoms with Crippen LogP contribution in [0.4, 0.5) is 11.4 Å². The highest BCUT2D eigenvalue weighted by Gasteiger charge is 2.27. The van der Waals surface area contributed by atoms with E-state index in [4.69, 9.17) is 21.7 Å². The van der Waals surface area contributed by atoms with E-state index in [9.17, 15) is 0 Å². The summed E-state index contributed by atoms with van der Waals surface area (Å²) in [6.45, 7) is 0.605. The van der Waals surface area contributed by atoms with Gasteiger partial charge in [0.05, 0.1) is 0 Å². The standard InChI is InChI=1S/C18H28N4O2/c1-22(2)15-5-3-4-14(10-15)21-12-13-11-18(20,8-6-16(13)19)9-7-17(23)24/h3-6,8,10,17,21,23-24H,7,9,11-12,19-20H2,1-2H3. The number of nitrogens with two attached hydrogens (primary N) is 2. The van der Waals surface area contributed by atoms with Crippen LogP contribution >= 0.6 is 0 Å². The van der Waals surface area contributed by atoms with E-state index >= 15 is 0 Å². The zero-order valence-electron chi connectivity index (χ0n) is 14.4. The molecule has 0 aromatic heterocycles. The van der Waals surface area contributed by atoms with Crippen molar-refractivity contribution in [2.24, 2.45) is 11.5 Å². The fraction of sp³-hybridized carbons (Fsp3) is 0.444. The maximum Gasteiger partial charge on any atom is 0.151 e. The Morgan fingerprint density at radius 3 is 2.75 bits per heavy atom. The zero-order chi connectivity index (χ0) is 17.7. The summed E-state index contributed by atoms with van der Waals surface area (Å²) >= 11 is 0. The van der Waals surface area contributed by atoms with Crippen molar-refractivity contribution in [1.82, 2.24) is 0 Å². The molecular formula is C18H28N4O2. The Kier molecular flexibility index (Phi) is 5.88. The van der Waals surface area contributed by atoms with Gasteiger partial charge in [-0.05, 0) is 49.1 Å². The minimum absolute atomic E-state index is 0.242. The molecule has 1 aliphatic rings. The van der Waals surface area contributed by atoms with Crippen molar-refractivity contribution in [2.45, 2.75) is 31.1 Å². The second-order valence-corrected chi connectivity index (χ2v) is 6.62. The molecule has 7 N–H and O–H groups in total. The molecule has 132 valence electrons. The molecule has 0 spiro atoms. The quantitative estimate of drug-likeness (QED) is 0.479. The molecule has 1 atom stereocenters. The number of aliphatic hydroxyl groups excluding tert-OH is 1. The van der Waals surface area contributed by atoms with Gasteiger partial charge in [-0.25, -0.2) is 0 Å². The smallest absolute Gasteiger partial charge is 0.151 e. The second-order valence-electron chi connectivity index (χ2n) is 6.62. The van der Waals surface area contributed by atoms with Crippen LogP contribution < -0.4 is 21.7 Å². The van der Waals surface area contributed by atoms with Crippen molar-refractivity contribution in [1.29, 1.82) is 0 Å². The zero-order valence-corrected chi connectivity index (χ0v) is 14.4. The normalized spacial score (nSPS) is 20.6. The van der Waals surface area contributed by atoms with Crippen molar-refractivity contribution in [3.05, 3.63) is 47.7 Å². The molecule has 2 rings (SSSR count). The van der Waals surface area contributed by atoms with Crippen LogP contribution in [0.25, 0.3) is 0 Å². The van der Waals surface area contributed by atoms with Crippen molar-refractivity contribution in [2.75, 3.05) is 30.9 Å². The van der Waals surface area contributed by atoms with E-state index in [1.807, 2.05) is 49.3 Å². The molecule has 0 saturated carbocycles. The van der Waals surface area contributed by atoms with Gasteiger partial charge in [0.25, 0.3) is 0 Å². The molecular weight excluding hydrogens is 304 g/mol. The van der Waals surface area contributed by atoms with Crippen molar-refractivity contribution in [3.63, 3.8) is 0 Å². The summed E-state index contributed by atoms with van der Waals surface area (Å²) in [7, 11) is 4.01. The number of rotatable bonds is 7. The third kappa shape index (κ3) is 4.99. The molecule has 0 bridgehead atoms. The topological polar surface area (TPSA) is 108 Å². The molecule has 6 heteroatoms. The van der Waals surface area contributed by atoms with Crippen molar-refractivity contribution < 1.29 is 10.2 Å². The third-order valence-corrected chi connectivity index (χ3v) is 4.28. The summed E-state index contributed by atoms with van der Waals surface area (Å²) in [6.07, 6.45) is 3.68. The largest absolute Gasteiger partial charge is 0.399 e. The molecule has 1 aromatic carbocycles. The number of benzene rings is 1. The van der Waals surface area contributed by atoms with Gasteiger partial charge in [0.1, 0.15) is 0 Å². The van der Waals surface area contributed by atoms with Crippen LogP contribution in [0.1, 0.15) is 19.3 Å². The maximum atomic E-state index is 9.06. The predicted octanol–water partition coefficient (Wildman–Crippen LogP) is 1.13. The SMILES string of the molecule is CN(C)c1cccc(NCC2=C(N)C=CC(N)(CCC(O)O)C2)c1. The van der Waals surface area contributed by atoms with E-state index in [-0.39, 0.29) is 6.42 Å². The van der Waals surface area contributed by atoms with Crippen molar-refractivity contribution >= 4 is 11.4 Å². The summed E-state index contributed by atoms with van der Waals surface area (Å²) in [5.74, 6) is 0. The van der Waals surface area contributed by atoms with E-state index in [1.54, 1.807) is 0 Å². The number of hydrogen-bond acceptors (Lipinski definition) is 6. The first-order chi connectivity index (χ1) is 11.3. The molecule has 0 radical (unpaired) electrons. The van der Waals surface area contributed by atoms with E-state index in [0.717, 1.165) is 22.6 Å². The predicted molar refractivity (Wildman–Crippen MR) is 98.6 cm³/mol. The highest BCUT2D eigenvalue weighted by molar-refractivity contribution is 5.58. The van der Waals surface area contributed by atoms with E-state index < -0.39 is 11.8 Å². The van der Waals surface area contributed by atoms with Crippen LogP contribution in [0.15, 0.2) is 47.7 Å². The second kappa shape index (κ2) is 7.70. The minimum atomic E-state index is -1.34. The molecule has 1 aromatic rings. The Hall–Kier alpha value is -2.02. The molecule has 24 heavy (non-hydrogen) atoms. The van der Waals surface area contributed by atoms with Crippen LogP contribution in [0.2, 0.25) is 0 Å². The lowest BCUT2D eigenvalue weighted by Crippen LogP contribution is -2.41. The highest BCUT2D eigenvalue weighted by Crippen LogP contribution is 2.28. The van der Waals surface area contributed by atoms with Gasteiger partial charge in [-0.2, -0.15) is 0 Å². The molecule has 0 amide bonds. The number of aliphatic hydroxyl groups is 2. The number of nitrogens with one attached hydrogen (secondary N) is 1. The van der Waals surface area contributed by atoms with Crippen LogP contribution in [0.3, 0.4) is 0 Å². The summed E-state index contributed by atoms with van der Waals surface area (Å²) in [6, 6.07) is 8.15. The third-order valence-electron chi connectivity index (χ3n) is 4.28. The first-order valence-corrected chi connectivity index (χ1v) is 8.12. The Morgan fingerprint density at radius 2 is 2.08 bits per heavy atom. The fourth-order valence-corrected chi connectivity index (χ4v) is 2.77. The van der Waals surface area contributed by atoms with Gasteiger partial charge in [-0.3, -0.25) is 0 Å². The molecule has 0 fully saturated rings. The van der Waals surface area contributed by atoms with Crippen LogP contribution in [-0.4, -0.2) is 42.7 Å². The van der Waals surface area contributed by atoms with Gasteiger partial charge >= 0.3 is 0 Å². The highest BCUT2D eigenvalue weighted by atomic mass is 16.5. The Balaban J connectivity index is 2.01. The number of hydrogen-bond donors (Lipinski definition) is 5. The number of anilines is 2. The van der Waals surface area contributed by atoms with Gasteiger partial charge in [-0.1, -0.05) is 12.1 Å². The lowest BCUT2D eigenvalue weighted by atomic mass is 9.82. The molecule has 6 nitrogen and oxygen atoms in total. The van der Waals surface area contributed by atoms with Crippen molar-refractivity contribution in [3.8, 4) is 0 Å². The van der Waals surface area contributed by atoms with Crippen LogP contribution in [0.5, 0.6) is 0 Å². The van der Waals surface area contributed by atoms with Gasteiger partial charge in [0.2, 0.25) is 0 Å². The first-order valence-electron chi connectivity index (χ1n) is 8.12. The lowest BCUT2D eigenvalue weighted by Gasteiger charge is -2.31. The number of allylic oxidation sites excluding steroid dienone is 1. The molecule has 1 unspecified atom stereocenters. The molecule has 0 heterocycles. The van der Waals surface area contributed by atoms with Gasteiger partial charge < -0.3 is 31.9 Å². The first kappa shape index (κ1) is 18.3. The average Bonchev–Trinajstić information content (AvgIpc) is 2.54. The molecule has 0 aliphatic heterocycles. The summed E-state index contributed by atoms with van der Waals surface area (Å²) in [4.78, 5) is 2.05. The van der Waals surface area contributed by atoms with Gasteiger partial charge in [0.15, 0.2) is 6.29 Å². The lowest BCUT2D eigenvalue weighted by molar-refractivity contribution is -0.0488.